The number of rotatable bonds is 0. The SMILES string of the molecule is [2H]C1([2H])N(C)C(=O)C(O)(C#C)C1([2H])[2H]. The summed E-state index contributed by atoms with van der Waals surface area (Å²) in [5, 5.41) is 9.56. The van der Waals surface area contributed by atoms with E-state index in [1.807, 2.05) is 0 Å². The summed E-state index contributed by atoms with van der Waals surface area (Å²) in [5.74, 6) is 0.472. The Kier molecular flexibility index (Phi) is 0.678. The number of aliphatic hydroxyl groups is 1. The van der Waals surface area contributed by atoms with Crippen LogP contribution >= 0.6 is 0 Å². The van der Waals surface area contributed by atoms with E-state index in [4.69, 9.17) is 11.9 Å². The first kappa shape index (κ1) is 3.40. The molecule has 1 N–H and O–H groups in total. The summed E-state index contributed by atoms with van der Waals surface area (Å²) in [6, 6.07) is 0. The first-order chi connectivity index (χ1) is 6.13. The monoisotopic (exact) mass is 143 g/mol. The van der Waals surface area contributed by atoms with Gasteiger partial charge in [-0.05, 0) is 0 Å². The van der Waals surface area contributed by atoms with Gasteiger partial charge in [0.2, 0.25) is 5.60 Å². The molecule has 1 aliphatic rings. The van der Waals surface area contributed by atoms with Gasteiger partial charge >= 0.3 is 0 Å². The quantitative estimate of drug-likeness (QED) is 0.452. The van der Waals surface area contributed by atoms with E-state index in [1.54, 1.807) is 5.92 Å². The molecule has 0 radical (unpaired) electrons. The molecule has 0 saturated carbocycles. The average molecular weight is 143 g/mol. The summed E-state index contributed by atoms with van der Waals surface area (Å²) in [6.45, 7) is -2.62. The van der Waals surface area contributed by atoms with Gasteiger partial charge in [0, 0.05) is 25.4 Å². The molecule has 0 aliphatic carbocycles. The molecule has 0 aromatic rings. The lowest BCUT2D eigenvalue weighted by Crippen LogP contribution is -2.36. The molecule has 1 rings (SSSR count). The van der Waals surface area contributed by atoms with Crippen LogP contribution in [0.5, 0.6) is 0 Å². The highest BCUT2D eigenvalue weighted by molar-refractivity contribution is 5.90. The molecule has 1 saturated heterocycles. The van der Waals surface area contributed by atoms with Gasteiger partial charge in [-0.3, -0.25) is 4.79 Å². The molecule has 10 heavy (non-hydrogen) atoms. The lowest BCUT2D eigenvalue weighted by molar-refractivity contribution is -0.137. The zero-order chi connectivity index (χ0) is 11.4. The number of likely N-dealkylation sites (tertiary alicyclic amines) is 1. The number of amides is 1. The maximum absolute atomic E-state index is 11.3. The maximum atomic E-state index is 11.3. The van der Waals surface area contributed by atoms with Gasteiger partial charge in [-0.25, -0.2) is 0 Å². The van der Waals surface area contributed by atoms with E-state index in [9.17, 15) is 9.90 Å². The van der Waals surface area contributed by atoms with E-state index in [-0.39, 0.29) is 0 Å². The van der Waals surface area contributed by atoms with Gasteiger partial charge in [0.1, 0.15) is 0 Å². The smallest absolute Gasteiger partial charge is 0.267 e. The van der Waals surface area contributed by atoms with E-state index in [2.05, 4.69) is 0 Å². The first-order valence-electron chi connectivity index (χ1n) is 4.61. The van der Waals surface area contributed by atoms with Gasteiger partial charge in [0.05, 0.1) is 0 Å². The number of terminal acetylenes is 1. The Morgan fingerprint density at radius 1 is 2.10 bits per heavy atom. The molecule has 0 bridgehead atoms. The molecule has 3 nitrogen and oxygen atoms in total. The van der Waals surface area contributed by atoms with Crippen LogP contribution in [0.1, 0.15) is 11.9 Å². The molecule has 3 heteroatoms. The van der Waals surface area contributed by atoms with Crippen molar-refractivity contribution in [1.82, 2.24) is 4.90 Å². The topological polar surface area (TPSA) is 40.5 Å². The van der Waals surface area contributed by atoms with Crippen molar-refractivity contribution in [2.75, 3.05) is 13.5 Å². The summed E-state index contributed by atoms with van der Waals surface area (Å²) in [7, 11) is 1.05. The Labute approximate surface area is 65.3 Å². The minimum Gasteiger partial charge on any atom is -0.369 e. The second kappa shape index (κ2) is 1.99. The standard InChI is InChI=1S/C7H9NO2/c1-3-7(10)4-5-8(2)6(7)9/h1,10H,4-5H2,2H3/i4D2,5D2. The summed E-state index contributed by atoms with van der Waals surface area (Å²) < 4.78 is 29.3. The maximum Gasteiger partial charge on any atom is 0.267 e. The Bertz CT molecular complexity index is 335. The van der Waals surface area contributed by atoms with E-state index >= 15 is 0 Å². The lowest BCUT2D eigenvalue weighted by Gasteiger charge is -2.12. The van der Waals surface area contributed by atoms with Crippen LogP contribution in [0.15, 0.2) is 0 Å². The molecule has 1 unspecified atom stereocenters. The minimum absolute atomic E-state index is 0.479. The van der Waals surface area contributed by atoms with E-state index in [0.29, 0.717) is 4.90 Å². The molecule has 0 aromatic heterocycles. The summed E-state index contributed by atoms with van der Waals surface area (Å²) in [6.07, 6.45) is 2.03. The van der Waals surface area contributed by atoms with Gasteiger partial charge in [-0.2, -0.15) is 0 Å². The fourth-order valence-electron chi connectivity index (χ4n) is 0.610. The second-order valence-electron chi connectivity index (χ2n) is 1.96. The number of nitrogens with zero attached hydrogens (tertiary/aromatic N) is 1. The molecular weight excluding hydrogens is 130 g/mol. The van der Waals surface area contributed by atoms with Crippen molar-refractivity contribution in [2.24, 2.45) is 0 Å². The predicted octanol–water partition coefficient (Wildman–Crippen LogP) is -0.787. The third-order valence-corrected chi connectivity index (χ3v) is 1.23. The third kappa shape index (κ3) is 0.775. The van der Waals surface area contributed by atoms with Crippen LogP contribution in [-0.4, -0.2) is 35.1 Å². The molecule has 1 fully saturated rings. The van der Waals surface area contributed by atoms with Crippen LogP contribution in [-0.2, 0) is 4.79 Å². The molecule has 1 amide bonds. The predicted molar refractivity (Wildman–Crippen MR) is 36.0 cm³/mol. The third-order valence-electron chi connectivity index (χ3n) is 1.23. The van der Waals surface area contributed by atoms with Crippen LogP contribution in [0.3, 0.4) is 0 Å². The summed E-state index contributed by atoms with van der Waals surface area (Å²) >= 11 is 0. The molecular formula is C7H9NO2. The summed E-state index contributed by atoms with van der Waals surface area (Å²) in [5.41, 5.74) is -2.73. The van der Waals surface area contributed by atoms with Crippen molar-refractivity contribution in [3.05, 3.63) is 0 Å². The number of carbonyl (C=O) groups is 1. The number of likely N-dealkylation sites (N-methyl/N-ethyl adjacent to an activating group) is 1. The van der Waals surface area contributed by atoms with Crippen molar-refractivity contribution >= 4 is 5.91 Å². The fraction of sp³-hybridized carbons (Fsp3) is 0.571. The van der Waals surface area contributed by atoms with Crippen molar-refractivity contribution in [2.45, 2.75) is 12.0 Å². The van der Waals surface area contributed by atoms with Gasteiger partial charge in [0.15, 0.2) is 0 Å². The zero-order valence-corrected chi connectivity index (χ0v) is 5.38. The second-order valence-corrected chi connectivity index (χ2v) is 1.96. The van der Waals surface area contributed by atoms with Crippen LogP contribution in [0.2, 0.25) is 0 Å². The van der Waals surface area contributed by atoms with Crippen LogP contribution in [0.4, 0.5) is 0 Å². The van der Waals surface area contributed by atoms with Crippen molar-refractivity contribution in [1.29, 1.82) is 0 Å². The van der Waals surface area contributed by atoms with Crippen LogP contribution in [0, 0.1) is 12.3 Å². The number of hydrogen-bond donors (Lipinski definition) is 1. The molecule has 54 valence electrons. The Morgan fingerprint density at radius 3 is 2.90 bits per heavy atom. The Balaban J connectivity index is 3.42. The van der Waals surface area contributed by atoms with E-state index in [1.165, 1.54) is 0 Å². The Morgan fingerprint density at radius 2 is 2.70 bits per heavy atom. The van der Waals surface area contributed by atoms with Gasteiger partial charge in [-0.1, -0.05) is 5.92 Å². The normalized spacial score (nSPS) is 48.5. The minimum atomic E-state index is -2.83. The van der Waals surface area contributed by atoms with Gasteiger partial charge in [0.25, 0.3) is 5.91 Å². The van der Waals surface area contributed by atoms with Crippen molar-refractivity contribution < 1.29 is 15.4 Å². The highest BCUT2D eigenvalue weighted by atomic mass is 16.3. The van der Waals surface area contributed by atoms with Crippen molar-refractivity contribution in [3.8, 4) is 12.3 Å². The van der Waals surface area contributed by atoms with Crippen LogP contribution in [0.25, 0.3) is 0 Å². The van der Waals surface area contributed by atoms with E-state index in [0.717, 1.165) is 7.05 Å². The van der Waals surface area contributed by atoms with Crippen molar-refractivity contribution in [3.63, 3.8) is 0 Å². The number of hydrogen-bond acceptors (Lipinski definition) is 2. The molecule has 1 heterocycles. The largest absolute Gasteiger partial charge is 0.369 e. The molecule has 0 aromatic carbocycles. The Hall–Kier alpha value is -1.01. The van der Waals surface area contributed by atoms with Gasteiger partial charge in [-0.15, -0.1) is 6.42 Å². The molecule has 1 atom stereocenters. The highest BCUT2D eigenvalue weighted by Gasteiger charge is 2.41. The molecule has 0 spiro atoms. The zero-order valence-electron chi connectivity index (χ0n) is 9.38. The number of carbonyl (C=O) groups excluding carboxylic acids is 1. The highest BCUT2D eigenvalue weighted by Crippen LogP contribution is 2.19. The van der Waals surface area contributed by atoms with Gasteiger partial charge < -0.3 is 10.0 Å². The fourth-order valence-corrected chi connectivity index (χ4v) is 0.610. The average Bonchev–Trinajstić information content (AvgIpc) is 2.19. The first-order valence-corrected chi connectivity index (χ1v) is 2.61. The lowest BCUT2D eigenvalue weighted by atomic mass is 10.1. The van der Waals surface area contributed by atoms with E-state index < -0.39 is 24.4 Å². The molecule has 1 aliphatic heterocycles. The summed E-state index contributed by atoms with van der Waals surface area (Å²) in [4.78, 5) is 11.8. The van der Waals surface area contributed by atoms with Crippen LogP contribution < -0.4 is 0 Å².